The molecule has 0 aromatic carbocycles. The average Bonchev–Trinajstić information content (AvgIpc) is 1.80. The van der Waals surface area contributed by atoms with Gasteiger partial charge in [-0.15, -0.1) is 0 Å². The van der Waals surface area contributed by atoms with E-state index >= 15 is 4.79 Å². The van der Waals surface area contributed by atoms with E-state index in [1.54, 1.807) is 60.7 Å². The highest BCUT2D eigenvalue weighted by Crippen LogP contribution is 2.16. The summed E-state index contributed by atoms with van der Waals surface area (Å²) in [7, 11) is 9.58. The number of carbonyl (C=O) groups excluding carboxylic acids is 16. The fraction of sp³-hybridized carbons (Fsp3) is 0.556. The number of aliphatic carboxylic acids is 2. The lowest BCUT2D eigenvalue weighted by molar-refractivity contribution is -0.142. The summed E-state index contributed by atoms with van der Waals surface area (Å²) in [5, 5.41) is 79.4. The van der Waals surface area contributed by atoms with Crippen LogP contribution in [0.2, 0.25) is 0 Å². The number of aliphatic hydroxyl groups is 2. The molecular formula is C81H120N28O22. The number of amides is 16. The van der Waals surface area contributed by atoms with E-state index in [1.165, 1.54) is 140 Å². The van der Waals surface area contributed by atoms with Crippen molar-refractivity contribution in [2.75, 3.05) is 0 Å². The molecule has 0 saturated carbocycles. The Hall–Kier alpha value is -14.4. The number of imidazole rings is 6. The van der Waals surface area contributed by atoms with Crippen molar-refractivity contribution < 1.29 is 107 Å². The van der Waals surface area contributed by atoms with E-state index in [0.717, 1.165) is 13.8 Å². The van der Waals surface area contributed by atoms with Crippen LogP contribution in [0, 0.1) is 11.8 Å². The number of carbonyl (C=O) groups is 18. The monoisotopic (exact) mass is 1840 g/mol. The summed E-state index contributed by atoms with van der Waals surface area (Å²) in [5.41, 5.74) is 7.94. The molecule has 17 atom stereocenters. The number of aromatic nitrogens is 12. The first kappa shape index (κ1) is 105. The zero-order chi connectivity index (χ0) is 97.7. The van der Waals surface area contributed by atoms with E-state index in [0.29, 0.717) is 34.2 Å². The lowest BCUT2D eigenvalue weighted by Gasteiger charge is -2.30. The molecule has 6 aromatic heterocycles. The molecule has 0 saturated heterocycles. The molecule has 16 amide bonds. The first-order valence-electron chi connectivity index (χ1n) is 41.8. The van der Waals surface area contributed by atoms with E-state index in [2.05, 4.69) is 110 Å². The van der Waals surface area contributed by atoms with Crippen LogP contribution in [-0.4, -0.2) is 287 Å². The lowest BCUT2D eigenvalue weighted by Crippen LogP contribution is -2.63. The SMILES string of the molecule is CC(=O)N[C@@H](Cc1cncn1C)C(=O)N[C@@H](C)C(=O)N[C@@H](C)C(=O)N[C@@H](C)C(=O)N[C@@H](Cc1cncn1C)C(=O)N[C@@H](Cc1cncn1C)C(=O)N[C@@H](CCC(=O)O)C(=O)N[C@@H](CC(C)C)C(=O)N[C@H](C(=O)N[C@@H](Cc1cncn1C)C(=O)N[C@@H](Cc1cncn1C)C(=O)N[C@H](C(=O)N[C@H](C(=O)N[C@@H](CC(=O)O)C(=O)N[C@@H](Cc1cncn1C)C(N)=O)[C@@H](C)O)C(C)C)[C@@H](C)O. The number of carboxylic acids is 2. The molecule has 0 aliphatic carbocycles. The Morgan fingerprint density at radius 1 is 0.305 bits per heavy atom. The van der Waals surface area contributed by atoms with E-state index < -0.39 is 247 Å². The minimum Gasteiger partial charge on any atom is -0.481 e. The molecule has 0 aliphatic heterocycles. The van der Waals surface area contributed by atoms with Crippen molar-refractivity contribution in [2.24, 2.45) is 59.9 Å². The summed E-state index contributed by atoms with van der Waals surface area (Å²) in [4.78, 5) is 274. The highest BCUT2D eigenvalue weighted by atomic mass is 16.4. The second kappa shape index (κ2) is 49.3. The molecule has 0 fully saturated rings. The number of rotatable bonds is 52. The van der Waals surface area contributed by atoms with Gasteiger partial charge < -0.3 is 133 Å². The zero-order valence-corrected chi connectivity index (χ0v) is 75.6. The molecule has 0 bridgehead atoms. The molecule has 6 heterocycles. The van der Waals surface area contributed by atoms with Gasteiger partial charge in [0.15, 0.2) is 0 Å². The third-order valence-corrected chi connectivity index (χ3v) is 21.1. The highest BCUT2D eigenvalue weighted by Gasteiger charge is 2.41. The predicted molar refractivity (Wildman–Crippen MR) is 459 cm³/mol. The second-order valence-corrected chi connectivity index (χ2v) is 32.9. The van der Waals surface area contributed by atoms with Crippen LogP contribution >= 0.6 is 0 Å². The van der Waals surface area contributed by atoms with Crippen molar-refractivity contribution in [2.45, 2.75) is 236 Å². The maximum absolute atomic E-state index is 15.0. The fourth-order valence-electron chi connectivity index (χ4n) is 13.3. The molecule has 50 nitrogen and oxygen atoms in total. The average molecular weight is 1840 g/mol. The van der Waals surface area contributed by atoms with Crippen LogP contribution in [-0.2, 0) is 167 Å². The van der Waals surface area contributed by atoms with Gasteiger partial charge >= 0.3 is 11.9 Å². The van der Waals surface area contributed by atoms with Crippen molar-refractivity contribution in [3.05, 3.63) is 109 Å². The Morgan fingerprint density at radius 3 is 0.863 bits per heavy atom. The first-order valence-corrected chi connectivity index (χ1v) is 41.8. The van der Waals surface area contributed by atoms with Crippen LogP contribution < -0.4 is 85.5 Å². The first-order chi connectivity index (χ1) is 61.5. The van der Waals surface area contributed by atoms with Crippen LogP contribution in [0.1, 0.15) is 129 Å². The van der Waals surface area contributed by atoms with Gasteiger partial charge in [0.05, 0.1) is 56.6 Å². The molecule has 0 spiro atoms. The minimum atomic E-state index is -1.98. The number of nitrogens with two attached hydrogens (primary N) is 1. The maximum Gasteiger partial charge on any atom is 0.305 e. The molecule has 6 rings (SSSR count). The summed E-state index contributed by atoms with van der Waals surface area (Å²) in [5.74, 6) is -20.6. The van der Waals surface area contributed by atoms with Gasteiger partial charge in [-0.25, -0.2) is 29.9 Å². The maximum atomic E-state index is 15.0. The van der Waals surface area contributed by atoms with Gasteiger partial charge in [0.1, 0.15) is 90.6 Å². The predicted octanol–water partition coefficient (Wildman–Crippen LogP) is -8.52. The van der Waals surface area contributed by atoms with Crippen molar-refractivity contribution in [1.29, 1.82) is 0 Å². The van der Waals surface area contributed by atoms with Crippen LogP contribution in [0.4, 0.5) is 0 Å². The summed E-state index contributed by atoms with van der Waals surface area (Å²) < 4.78 is 9.20. The van der Waals surface area contributed by atoms with Crippen molar-refractivity contribution in [3.63, 3.8) is 0 Å². The third-order valence-electron chi connectivity index (χ3n) is 21.1. The smallest absolute Gasteiger partial charge is 0.305 e. The van der Waals surface area contributed by atoms with Gasteiger partial charge in [0.25, 0.3) is 0 Å². The fourth-order valence-corrected chi connectivity index (χ4v) is 13.3. The molecule has 0 unspecified atom stereocenters. The number of aryl methyl sites for hydroxylation is 6. The summed E-state index contributed by atoms with van der Waals surface area (Å²) in [6, 6.07) is -24.2. The van der Waals surface area contributed by atoms with Crippen LogP contribution in [0.25, 0.3) is 0 Å². The van der Waals surface area contributed by atoms with Gasteiger partial charge in [-0.2, -0.15) is 0 Å². The van der Waals surface area contributed by atoms with Crippen LogP contribution in [0.3, 0.4) is 0 Å². The van der Waals surface area contributed by atoms with Gasteiger partial charge in [-0.1, -0.05) is 27.7 Å². The van der Waals surface area contributed by atoms with E-state index in [4.69, 9.17) is 5.73 Å². The molecule has 716 valence electrons. The number of carboxylic acid groups (broad SMARTS) is 2. The third kappa shape index (κ3) is 32.4. The van der Waals surface area contributed by atoms with E-state index in [-0.39, 0.29) is 38.5 Å². The molecule has 131 heavy (non-hydrogen) atoms. The Labute approximate surface area is 752 Å². The number of aliphatic hydroxyl groups excluding tert-OH is 2. The molecule has 50 heteroatoms. The largest absolute Gasteiger partial charge is 0.481 e. The summed E-state index contributed by atoms with van der Waals surface area (Å²) in [6.07, 6.45) is 8.94. The normalized spacial score (nSPS) is 15.2. The van der Waals surface area contributed by atoms with E-state index in [9.17, 15) is 102 Å². The molecule has 21 N–H and O–H groups in total. The molecule has 0 aliphatic rings. The zero-order valence-electron chi connectivity index (χ0n) is 75.6. The molecular weight excluding hydrogens is 1720 g/mol. The van der Waals surface area contributed by atoms with Gasteiger partial charge in [-0.3, -0.25) is 86.3 Å². The van der Waals surface area contributed by atoms with Crippen LogP contribution in [0.15, 0.2) is 75.1 Å². The van der Waals surface area contributed by atoms with Crippen LogP contribution in [0.5, 0.6) is 0 Å². The lowest BCUT2D eigenvalue weighted by atomic mass is 10.00. The molecule has 6 aromatic rings. The Bertz CT molecular complexity index is 5040. The van der Waals surface area contributed by atoms with Crippen molar-refractivity contribution in [3.8, 4) is 0 Å². The summed E-state index contributed by atoms with van der Waals surface area (Å²) >= 11 is 0. The second-order valence-electron chi connectivity index (χ2n) is 32.9. The van der Waals surface area contributed by atoms with Gasteiger partial charge in [0, 0.05) is 166 Å². The van der Waals surface area contributed by atoms with Crippen molar-refractivity contribution >= 4 is 106 Å². The number of hydrogen-bond donors (Lipinski definition) is 20. The van der Waals surface area contributed by atoms with Crippen molar-refractivity contribution in [1.82, 2.24) is 137 Å². The van der Waals surface area contributed by atoms with Gasteiger partial charge in [-0.05, 0) is 59.3 Å². The minimum absolute atomic E-state index is 0.0235. The van der Waals surface area contributed by atoms with Gasteiger partial charge in [0.2, 0.25) is 94.5 Å². The number of nitrogens with zero attached hydrogens (tertiary/aromatic N) is 12. The number of hydrogen-bond acceptors (Lipinski definition) is 26. The Morgan fingerprint density at radius 2 is 0.550 bits per heavy atom. The topological polar surface area (TPSA) is 702 Å². The highest BCUT2D eigenvalue weighted by molar-refractivity contribution is 6.01. The van der Waals surface area contributed by atoms with E-state index in [1.807, 2.05) is 0 Å². The number of primary amides is 1. The quantitative estimate of drug-likeness (QED) is 0.0169. The standard InChI is InChI=1S/C81H120N28O22/c1-39(2)19-55(96-71(121)53(17-18-62(113)114)93-73(123)58(23-50-30-86-36-107(50)14)97-74(124)57(22-49-29-85-35-106(49)13)95-70(120)43(7)90-68(118)41(5)89-69(119)42(6)91-72(122)56(92-46(10)112)21-48-28-84-34-105(48)12)77(127)102-65(44(8)110)80(130)99-59(24-51-31-87-37-108(51)15)75(125)98-60(25-52-32-88-38-109(52)16)78(128)101-64(40(3)4)79(129)103-66(45(9)111)81(131)100-61(26-63(115)116)76(126)94-54(67(82)117)20-47-27-83-33-104(47)11/h27-45,53-61,64-66,110-111H,17-26H2,1-16H3,(H2,82,117)(H,89,119)(H,90,118)(H,91,122)(H,92,112)(H,93,123)(H,94,126)(H,95,120)(H,96,121)(H,97,124)(H,98,125)(H,99,130)(H,100,131)(H,101,128)(H,102,127)(H,103,129)(H,113,114)(H,115,116)/t41-,42-,43-,44+,45+,53-,54-,55-,56-,57-,58-,59-,60-,61-,64-,65-,66-/m0/s1. The Kier molecular flexibility index (Phi) is 39.6. The number of nitrogens with one attached hydrogen (secondary N) is 15. The summed E-state index contributed by atoms with van der Waals surface area (Å²) in [6.45, 7) is 13.6. The molecule has 0 radical (unpaired) electrons. The Balaban J connectivity index is 1.19.